The number of hydrogen-bond acceptors (Lipinski definition) is 3. The maximum absolute atomic E-state index is 11.7. The molecule has 0 radical (unpaired) electrons. The molecule has 0 bridgehead atoms. The van der Waals surface area contributed by atoms with Crippen molar-refractivity contribution in [3.63, 3.8) is 0 Å². The number of nitrogens with zero attached hydrogens (tertiary/aromatic N) is 1. The number of nitrogens with one attached hydrogen (secondary N) is 1. The molecular formula is C13H26N2O3S. The largest absolute Gasteiger partial charge is 0.481 e. The van der Waals surface area contributed by atoms with Crippen molar-refractivity contribution in [3.05, 3.63) is 0 Å². The number of aliphatic carboxylic acids is 1. The van der Waals surface area contributed by atoms with Crippen LogP contribution in [0.5, 0.6) is 0 Å². The van der Waals surface area contributed by atoms with Crippen LogP contribution in [0.3, 0.4) is 0 Å². The monoisotopic (exact) mass is 290 g/mol. The molecule has 0 spiro atoms. The van der Waals surface area contributed by atoms with Gasteiger partial charge in [-0.25, -0.2) is 4.79 Å². The van der Waals surface area contributed by atoms with Gasteiger partial charge in [0.15, 0.2) is 0 Å². The van der Waals surface area contributed by atoms with Crippen molar-refractivity contribution >= 4 is 23.8 Å². The zero-order chi connectivity index (χ0) is 14.9. The van der Waals surface area contributed by atoms with Crippen molar-refractivity contribution in [3.8, 4) is 0 Å². The van der Waals surface area contributed by atoms with Crippen LogP contribution in [-0.2, 0) is 4.79 Å². The molecule has 0 fully saturated rings. The fraction of sp³-hybridized carbons (Fsp3) is 0.846. The highest BCUT2D eigenvalue weighted by Gasteiger charge is 2.19. The van der Waals surface area contributed by atoms with Crippen molar-refractivity contribution in [2.45, 2.75) is 33.1 Å². The molecule has 0 aromatic rings. The summed E-state index contributed by atoms with van der Waals surface area (Å²) in [5, 5.41) is 11.5. The second-order valence-corrected chi connectivity index (χ2v) is 6.44. The lowest BCUT2D eigenvalue weighted by Crippen LogP contribution is -2.39. The van der Waals surface area contributed by atoms with E-state index in [-0.39, 0.29) is 17.9 Å². The van der Waals surface area contributed by atoms with E-state index in [1.807, 2.05) is 20.1 Å². The van der Waals surface area contributed by atoms with E-state index in [2.05, 4.69) is 5.32 Å². The summed E-state index contributed by atoms with van der Waals surface area (Å²) in [6.07, 6.45) is 3.59. The van der Waals surface area contributed by atoms with Gasteiger partial charge >= 0.3 is 12.0 Å². The zero-order valence-corrected chi connectivity index (χ0v) is 13.2. The maximum atomic E-state index is 11.7. The third-order valence-electron chi connectivity index (χ3n) is 3.07. The van der Waals surface area contributed by atoms with Crippen LogP contribution in [0, 0.1) is 5.41 Å². The number of thioether (sulfide) groups is 1. The summed E-state index contributed by atoms with van der Waals surface area (Å²) >= 11 is 1.71. The molecule has 0 aromatic heterocycles. The van der Waals surface area contributed by atoms with E-state index in [4.69, 9.17) is 5.11 Å². The van der Waals surface area contributed by atoms with Crippen LogP contribution < -0.4 is 5.32 Å². The van der Waals surface area contributed by atoms with Crippen LogP contribution in [0.15, 0.2) is 0 Å². The molecule has 2 amide bonds. The Morgan fingerprint density at radius 2 is 1.95 bits per heavy atom. The lowest BCUT2D eigenvalue weighted by Gasteiger charge is -2.25. The normalized spacial score (nSPS) is 11.2. The molecule has 0 unspecified atom stereocenters. The summed E-state index contributed by atoms with van der Waals surface area (Å²) in [6, 6.07) is -0.0666. The van der Waals surface area contributed by atoms with Gasteiger partial charge in [0, 0.05) is 32.3 Å². The minimum absolute atomic E-state index is 0.0660. The second-order valence-electron chi connectivity index (χ2n) is 5.45. The average Bonchev–Trinajstić information content (AvgIpc) is 2.33. The lowest BCUT2D eigenvalue weighted by molar-refractivity contribution is -0.137. The fourth-order valence-electron chi connectivity index (χ4n) is 1.54. The number of urea groups is 1. The van der Waals surface area contributed by atoms with E-state index in [9.17, 15) is 9.59 Å². The summed E-state index contributed by atoms with van der Waals surface area (Å²) in [4.78, 5) is 23.9. The van der Waals surface area contributed by atoms with Crippen LogP contribution in [-0.4, -0.2) is 54.2 Å². The van der Waals surface area contributed by atoms with Gasteiger partial charge < -0.3 is 15.3 Å². The Hall–Kier alpha value is -0.910. The molecule has 6 heteroatoms. The zero-order valence-electron chi connectivity index (χ0n) is 12.4. The number of carbonyl (C=O) groups is 2. The standard InChI is InChI=1S/C13H26N2O3S/c1-13(2,6-5-11(16)17)7-8-14-12(18)15(3)9-10-19-4/h5-10H2,1-4H3,(H,14,18)(H,16,17). The summed E-state index contributed by atoms with van der Waals surface area (Å²) in [6.45, 7) is 5.36. The first-order valence-corrected chi connectivity index (χ1v) is 7.87. The highest BCUT2D eigenvalue weighted by atomic mass is 32.2. The van der Waals surface area contributed by atoms with E-state index >= 15 is 0 Å². The molecule has 0 heterocycles. The van der Waals surface area contributed by atoms with Gasteiger partial charge in [-0.2, -0.15) is 11.8 Å². The quantitative estimate of drug-likeness (QED) is 0.683. The smallest absolute Gasteiger partial charge is 0.317 e. The summed E-state index contributed by atoms with van der Waals surface area (Å²) in [7, 11) is 1.78. The van der Waals surface area contributed by atoms with Gasteiger partial charge in [-0.15, -0.1) is 0 Å². The summed E-state index contributed by atoms with van der Waals surface area (Å²) in [5.41, 5.74) is -0.0660. The minimum Gasteiger partial charge on any atom is -0.481 e. The average molecular weight is 290 g/mol. The predicted molar refractivity (Wildman–Crippen MR) is 79.7 cm³/mol. The van der Waals surface area contributed by atoms with Crippen LogP contribution >= 0.6 is 11.8 Å². The highest BCUT2D eigenvalue weighted by molar-refractivity contribution is 7.98. The van der Waals surface area contributed by atoms with Gasteiger partial charge in [-0.1, -0.05) is 13.8 Å². The number of amides is 2. The molecule has 0 saturated heterocycles. The van der Waals surface area contributed by atoms with E-state index in [1.54, 1.807) is 23.7 Å². The topological polar surface area (TPSA) is 69.6 Å². The number of carbonyl (C=O) groups excluding carboxylic acids is 1. The van der Waals surface area contributed by atoms with Gasteiger partial charge in [0.1, 0.15) is 0 Å². The third kappa shape index (κ3) is 9.64. The Labute approximate surface area is 120 Å². The SMILES string of the molecule is CSCCN(C)C(=O)NCCC(C)(C)CCC(=O)O. The van der Waals surface area contributed by atoms with E-state index in [1.165, 1.54) is 0 Å². The molecule has 0 aliphatic rings. The Balaban J connectivity index is 3.87. The Kier molecular flexibility index (Phi) is 8.63. The van der Waals surface area contributed by atoms with Crippen LogP contribution in [0.1, 0.15) is 33.1 Å². The second kappa shape index (κ2) is 9.07. The molecular weight excluding hydrogens is 264 g/mol. The number of rotatable bonds is 9. The Morgan fingerprint density at radius 3 is 2.47 bits per heavy atom. The molecule has 112 valence electrons. The van der Waals surface area contributed by atoms with Crippen molar-refractivity contribution in [1.82, 2.24) is 10.2 Å². The summed E-state index contributed by atoms with van der Waals surface area (Å²) < 4.78 is 0. The first-order valence-electron chi connectivity index (χ1n) is 6.48. The summed E-state index contributed by atoms with van der Waals surface area (Å²) in [5.74, 6) is 0.155. The number of carboxylic acid groups (broad SMARTS) is 1. The molecule has 0 aromatic carbocycles. The first kappa shape index (κ1) is 18.1. The van der Waals surface area contributed by atoms with E-state index in [0.717, 1.165) is 18.7 Å². The molecule has 19 heavy (non-hydrogen) atoms. The van der Waals surface area contributed by atoms with Gasteiger partial charge in [-0.3, -0.25) is 4.79 Å². The van der Waals surface area contributed by atoms with Gasteiger partial charge in [0.25, 0.3) is 0 Å². The third-order valence-corrected chi connectivity index (χ3v) is 3.66. The highest BCUT2D eigenvalue weighted by Crippen LogP contribution is 2.25. The molecule has 2 N–H and O–H groups in total. The number of carboxylic acids is 1. The van der Waals surface area contributed by atoms with Crippen LogP contribution in [0.25, 0.3) is 0 Å². The number of hydrogen-bond donors (Lipinski definition) is 2. The molecule has 0 aliphatic carbocycles. The van der Waals surface area contributed by atoms with E-state index < -0.39 is 5.97 Å². The predicted octanol–water partition coefficient (Wildman–Crippen LogP) is 2.27. The van der Waals surface area contributed by atoms with Crippen molar-refractivity contribution in [2.24, 2.45) is 5.41 Å². The van der Waals surface area contributed by atoms with Crippen molar-refractivity contribution < 1.29 is 14.7 Å². The fourth-order valence-corrected chi connectivity index (χ4v) is 2.00. The van der Waals surface area contributed by atoms with Crippen LogP contribution in [0.4, 0.5) is 4.79 Å². The Bertz CT molecular complexity index is 296. The van der Waals surface area contributed by atoms with Gasteiger partial charge in [0.05, 0.1) is 0 Å². The molecule has 0 atom stereocenters. The van der Waals surface area contributed by atoms with Crippen LogP contribution in [0.2, 0.25) is 0 Å². The molecule has 0 aliphatic heterocycles. The molecule has 5 nitrogen and oxygen atoms in total. The van der Waals surface area contributed by atoms with Gasteiger partial charge in [-0.05, 0) is 24.5 Å². The van der Waals surface area contributed by atoms with Gasteiger partial charge in [0.2, 0.25) is 0 Å². The molecule has 0 rings (SSSR count). The molecule has 0 saturated carbocycles. The maximum Gasteiger partial charge on any atom is 0.317 e. The minimum atomic E-state index is -0.770. The van der Waals surface area contributed by atoms with Crippen molar-refractivity contribution in [1.29, 1.82) is 0 Å². The lowest BCUT2D eigenvalue weighted by atomic mass is 9.84. The van der Waals surface area contributed by atoms with E-state index in [0.29, 0.717) is 13.0 Å². The first-order chi connectivity index (χ1) is 8.78. The Morgan fingerprint density at radius 1 is 1.32 bits per heavy atom. The van der Waals surface area contributed by atoms with Crippen molar-refractivity contribution in [2.75, 3.05) is 32.1 Å².